The minimum atomic E-state index is -3.24. The smallest absolute Gasteiger partial charge is 0.227 e. The number of hydrogen-bond acceptors (Lipinski definition) is 8. The van der Waals surface area contributed by atoms with Gasteiger partial charge >= 0.3 is 0 Å². The lowest BCUT2D eigenvalue weighted by atomic mass is 10.1. The zero-order chi connectivity index (χ0) is 24.6. The van der Waals surface area contributed by atoms with Crippen molar-refractivity contribution in [1.29, 1.82) is 0 Å². The first-order chi connectivity index (χ1) is 16.8. The number of anilines is 3. The molecule has 2 aromatic heterocycles. The highest BCUT2D eigenvalue weighted by atomic mass is 32.2. The molecule has 10 heteroatoms. The lowest BCUT2D eigenvalue weighted by Gasteiger charge is -2.35. The van der Waals surface area contributed by atoms with Gasteiger partial charge in [-0.2, -0.15) is 4.31 Å². The molecule has 1 aromatic carbocycles. The summed E-state index contributed by atoms with van der Waals surface area (Å²) < 4.78 is 31.5. The third kappa shape index (κ3) is 5.19. The summed E-state index contributed by atoms with van der Waals surface area (Å²) in [5.74, 6) is 1.94. The lowest BCUT2D eigenvalue weighted by Crippen LogP contribution is -2.46. The maximum atomic E-state index is 11.9. The summed E-state index contributed by atoms with van der Waals surface area (Å²) in [6.07, 6.45) is 3.57. The van der Waals surface area contributed by atoms with E-state index in [1.54, 1.807) is 6.20 Å². The third-order valence-electron chi connectivity index (χ3n) is 6.81. The van der Waals surface area contributed by atoms with Crippen LogP contribution in [0.3, 0.4) is 0 Å². The molecule has 35 heavy (non-hydrogen) atoms. The fourth-order valence-corrected chi connectivity index (χ4v) is 5.46. The molecular formula is C25H32N6O3S. The van der Waals surface area contributed by atoms with E-state index in [0.717, 1.165) is 55.3 Å². The molecule has 0 bridgehead atoms. The van der Waals surface area contributed by atoms with E-state index < -0.39 is 10.0 Å². The number of aromatic nitrogens is 2. The molecule has 3 aromatic rings. The van der Waals surface area contributed by atoms with Crippen molar-refractivity contribution in [2.75, 3.05) is 55.7 Å². The second-order valence-corrected chi connectivity index (χ2v) is 11.2. The molecule has 186 valence electrons. The minimum Gasteiger partial charge on any atom is -0.459 e. The molecule has 0 radical (unpaired) electrons. The van der Waals surface area contributed by atoms with Gasteiger partial charge in [-0.05, 0) is 49.4 Å². The van der Waals surface area contributed by atoms with Crippen LogP contribution in [-0.2, 0) is 23.0 Å². The molecule has 0 aliphatic carbocycles. The Bertz CT molecular complexity index is 1300. The minimum absolute atomic E-state index is 0.326. The van der Waals surface area contributed by atoms with E-state index in [1.807, 2.05) is 13.0 Å². The zero-order valence-electron chi connectivity index (χ0n) is 20.5. The topological polar surface area (TPSA) is 94.8 Å². The molecule has 0 saturated carbocycles. The van der Waals surface area contributed by atoms with Crippen molar-refractivity contribution in [1.82, 2.24) is 19.2 Å². The normalized spacial score (nSPS) is 17.4. The van der Waals surface area contributed by atoms with Crippen LogP contribution in [0.5, 0.6) is 0 Å². The second-order valence-electron chi connectivity index (χ2n) is 9.22. The summed E-state index contributed by atoms with van der Waals surface area (Å²) in [4.78, 5) is 14.0. The van der Waals surface area contributed by atoms with Gasteiger partial charge in [-0.1, -0.05) is 6.92 Å². The van der Waals surface area contributed by atoms with Crippen molar-refractivity contribution < 1.29 is 12.8 Å². The molecule has 2 aliphatic rings. The van der Waals surface area contributed by atoms with Crippen molar-refractivity contribution >= 4 is 27.3 Å². The monoisotopic (exact) mass is 496 g/mol. The number of nitrogens with zero attached hydrogens (tertiary/aromatic N) is 5. The molecule has 0 spiro atoms. The molecule has 0 atom stereocenters. The highest BCUT2D eigenvalue weighted by Crippen LogP contribution is 2.31. The van der Waals surface area contributed by atoms with Crippen molar-refractivity contribution in [3.05, 3.63) is 53.4 Å². The van der Waals surface area contributed by atoms with Crippen LogP contribution in [0.2, 0.25) is 0 Å². The molecule has 2 aliphatic heterocycles. The van der Waals surface area contributed by atoms with Crippen LogP contribution >= 0.6 is 0 Å². The van der Waals surface area contributed by atoms with E-state index in [4.69, 9.17) is 9.40 Å². The molecule has 1 fully saturated rings. The van der Waals surface area contributed by atoms with Crippen LogP contribution in [0.4, 0.5) is 17.3 Å². The van der Waals surface area contributed by atoms with Crippen molar-refractivity contribution in [3.8, 4) is 11.5 Å². The van der Waals surface area contributed by atoms with Crippen LogP contribution in [0, 0.1) is 6.92 Å². The van der Waals surface area contributed by atoms with Gasteiger partial charge in [0.15, 0.2) is 5.76 Å². The van der Waals surface area contributed by atoms with Crippen LogP contribution in [0.25, 0.3) is 11.5 Å². The SMILES string of the molecule is CCN1CCN(c2ccc(Nc3ncc(C)c(-c4cc5c(o4)CCN(S(C)(=O)=O)C5)n3)cc2)CC1. The van der Waals surface area contributed by atoms with Gasteiger partial charge in [0, 0.05) is 68.8 Å². The van der Waals surface area contributed by atoms with Crippen LogP contribution in [-0.4, -0.2) is 73.1 Å². The van der Waals surface area contributed by atoms with E-state index in [0.29, 0.717) is 36.9 Å². The van der Waals surface area contributed by atoms with Gasteiger partial charge in [-0.3, -0.25) is 0 Å². The molecule has 0 amide bonds. The average Bonchev–Trinajstić information content (AvgIpc) is 3.28. The fourth-order valence-electron chi connectivity index (χ4n) is 4.67. The van der Waals surface area contributed by atoms with E-state index in [-0.39, 0.29) is 0 Å². The molecule has 0 unspecified atom stereocenters. The highest BCUT2D eigenvalue weighted by molar-refractivity contribution is 7.88. The molecule has 4 heterocycles. The van der Waals surface area contributed by atoms with Crippen LogP contribution < -0.4 is 10.2 Å². The van der Waals surface area contributed by atoms with E-state index in [1.165, 1.54) is 16.2 Å². The largest absolute Gasteiger partial charge is 0.459 e. The molecular weight excluding hydrogens is 464 g/mol. The standard InChI is InChI=1S/C25H32N6O3S/c1-4-29-11-13-30(14-12-29)21-7-5-20(6-8-21)27-25-26-16-18(2)24(28-25)23-15-19-17-31(35(3,32)33)10-9-22(19)34-23/h5-8,15-16H,4,9-14,17H2,1-3H3,(H,26,27,28). The Hall–Kier alpha value is -2.95. The Morgan fingerprint density at radius 3 is 2.51 bits per heavy atom. The van der Waals surface area contributed by atoms with Gasteiger partial charge in [0.25, 0.3) is 0 Å². The number of nitrogens with one attached hydrogen (secondary N) is 1. The fraction of sp³-hybridized carbons (Fsp3) is 0.440. The Morgan fingerprint density at radius 1 is 1.09 bits per heavy atom. The maximum Gasteiger partial charge on any atom is 0.227 e. The first-order valence-electron chi connectivity index (χ1n) is 12.1. The van der Waals surface area contributed by atoms with E-state index >= 15 is 0 Å². The summed E-state index contributed by atoms with van der Waals surface area (Å²) in [5.41, 5.74) is 4.62. The predicted molar refractivity (Wildman–Crippen MR) is 137 cm³/mol. The third-order valence-corrected chi connectivity index (χ3v) is 8.06. The predicted octanol–water partition coefficient (Wildman–Crippen LogP) is 3.25. The molecule has 9 nitrogen and oxygen atoms in total. The van der Waals surface area contributed by atoms with Crippen LogP contribution in [0.15, 0.2) is 40.9 Å². The highest BCUT2D eigenvalue weighted by Gasteiger charge is 2.27. The van der Waals surface area contributed by atoms with Crippen LogP contribution in [0.1, 0.15) is 23.8 Å². The van der Waals surface area contributed by atoms with E-state index in [9.17, 15) is 8.42 Å². The first-order valence-corrected chi connectivity index (χ1v) is 13.9. The number of sulfonamides is 1. The first kappa shape index (κ1) is 23.8. The Morgan fingerprint density at radius 2 is 1.83 bits per heavy atom. The maximum absolute atomic E-state index is 11.9. The average molecular weight is 497 g/mol. The lowest BCUT2D eigenvalue weighted by molar-refractivity contribution is 0.271. The van der Waals surface area contributed by atoms with Gasteiger partial charge in [0.1, 0.15) is 11.5 Å². The Kier molecular flexibility index (Phi) is 6.52. The number of fused-ring (bicyclic) bond motifs is 1. The summed E-state index contributed by atoms with van der Waals surface area (Å²) in [7, 11) is -3.24. The zero-order valence-corrected chi connectivity index (χ0v) is 21.3. The van der Waals surface area contributed by atoms with Crippen molar-refractivity contribution in [2.45, 2.75) is 26.8 Å². The number of hydrogen-bond donors (Lipinski definition) is 1. The summed E-state index contributed by atoms with van der Waals surface area (Å²) in [5, 5.41) is 3.30. The van der Waals surface area contributed by atoms with Crippen molar-refractivity contribution in [2.24, 2.45) is 0 Å². The molecule has 5 rings (SSSR count). The Labute approximate surface area is 206 Å². The number of aryl methyl sites for hydroxylation is 1. The van der Waals surface area contributed by atoms with E-state index in [2.05, 4.69) is 51.3 Å². The number of furan rings is 1. The second kappa shape index (κ2) is 9.60. The summed E-state index contributed by atoms with van der Waals surface area (Å²) in [6, 6.07) is 10.3. The number of rotatable bonds is 6. The van der Waals surface area contributed by atoms with Gasteiger partial charge < -0.3 is 19.5 Å². The summed E-state index contributed by atoms with van der Waals surface area (Å²) in [6.45, 7) is 10.3. The quantitative estimate of drug-likeness (QED) is 0.556. The van der Waals surface area contributed by atoms with Gasteiger partial charge in [-0.25, -0.2) is 18.4 Å². The van der Waals surface area contributed by atoms with Gasteiger partial charge in [0.05, 0.1) is 6.26 Å². The number of benzene rings is 1. The molecule has 1 saturated heterocycles. The Balaban J connectivity index is 1.30. The summed E-state index contributed by atoms with van der Waals surface area (Å²) >= 11 is 0. The molecule has 1 N–H and O–H groups in total. The number of piperazine rings is 1. The van der Waals surface area contributed by atoms with Gasteiger partial charge in [0.2, 0.25) is 16.0 Å². The number of likely N-dealkylation sites (N-methyl/N-ethyl adjacent to an activating group) is 1. The van der Waals surface area contributed by atoms with Gasteiger partial charge in [-0.15, -0.1) is 0 Å². The van der Waals surface area contributed by atoms with Crippen molar-refractivity contribution in [3.63, 3.8) is 0 Å².